The number of para-hydroxylation sites is 1. The molecule has 4 nitrogen and oxygen atoms in total. The van der Waals surface area contributed by atoms with E-state index in [0.717, 1.165) is 0 Å². The molecule has 0 amide bonds. The Morgan fingerprint density at radius 2 is 1.90 bits per heavy atom. The molecule has 1 saturated carbocycles. The van der Waals surface area contributed by atoms with Gasteiger partial charge in [0.15, 0.2) is 5.82 Å². The Labute approximate surface area is 112 Å². The number of aromatic nitrogens is 2. The van der Waals surface area contributed by atoms with Crippen molar-refractivity contribution in [3.8, 4) is 17.2 Å². The molecule has 0 spiro atoms. The lowest BCUT2D eigenvalue weighted by atomic mass is 9.67. The highest BCUT2D eigenvalue weighted by Crippen LogP contribution is 2.53. The van der Waals surface area contributed by atoms with Gasteiger partial charge in [-0.1, -0.05) is 23.7 Å². The van der Waals surface area contributed by atoms with Crippen LogP contribution in [0.25, 0.3) is 11.5 Å². The van der Waals surface area contributed by atoms with Gasteiger partial charge in [0.2, 0.25) is 0 Å². The molecule has 0 radical (unpaired) electrons. The molecule has 0 aliphatic heterocycles. The van der Waals surface area contributed by atoms with Crippen LogP contribution in [-0.4, -0.2) is 21.4 Å². The number of hydrogen-bond acceptors (Lipinski definition) is 4. The second-order valence-electron chi connectivity index (χ2n) is 4.87. The zero-order valence-electron chi connectivity index (χ0n) is 10.3. The van der Waals surface area contributed by atoms with Crippen LogP contribution in [-0.2, 0) is 5.41 Å². The number of nitrogens with zero attached hydrogens (tertiary/aromatic N) is 2. The Morgan fingerprint density at radius 1 is 1.20 bits per heavy atom. The number of rotatable bonds is 2. The van der Waals surface area contributed by atoms with Crippen molar-refractivity contribution in [2.45, 2.75) is 30.9 Å². The largest absolute Gasteiger partial charge is 0.507 e. The minimum absolute atomic E-state index is 0.0315. The van der Waals surface area contributed by atoms with Crippen LogP contribution in [0, 0.1) is 0 Å². The highest BCUT2D eigenvalue weighted by atomic mass is 19.4. The van der Waals surface area contributed by atoms with E-state index in [4.69, 9.17) is 4.52 Å². The topological polar surface area (TPSA) is 59.2 Å². The zero-order chi connectivity index (χ0) is 14.4. The smallest absolute Gasteiger partial charge is 0.401 e. The number of alkyl halides is 3. The molecule has 1 aliphatic rings. The molecule has 7 heteroatoms. The third-order valence-electron chi connectivity index (χ3n) is 3.74. The van der Waals surface area contributed by atoms with E-state index >= 15 is 0 Å². The van der Waals surface area contributed by atoms with Crippen molar-refractivity contribution in [1.29, 1.82) is 0 Å². The lowest BCUT2D eigenvalue weighted by Crippen LogP contribution is -2.48. The predicted molar refractivity (Wildman–Crippen MR) is 63.0 cm³/mol. The SMILES string of the molecule is Oc1ccccc1-c1nc(C2(C(F)(F)F)CCC2)no1. The van der Waals surface area contributed by atoms with Gasteiger partial charge in [-0.15, -0.1) is 0 Å². The molecule has 0 unspecified atom stereocenters. The summed E-state index contributed by atoms with van der Waals surface area (Å²) in [6.45, 7) is 0. The normalized spacial score (nSPS) is 17.8. The van der Waals surface area contributed by atoms with Gasteiger partial charge in [-0.05, 0) is 25.0 Å². The van der Waals surface area contributed by atoms with Crippen LogP contribution in [0.1, 0.15) is 25.1 Å². The third-order valence-corrected chi connectivity index (χ3v) is 3.74. The van der Waals surface area contributed by atoms with Gasteiger partial charge in [0.05, 0.1) is 5.56 Å². The molecule has 1 aromatic heterocycles. The van der Waals surface area contributed by atoms with Crippen molar-refractivity contribution >= 4 is 0 Å². The summed E-state index contributed by atoms with van der Waals surface area (Å²) in [6, 6.07) is 6.14. The van der Waals surface area contributed by atoms with Crippen LogP contribution < -0.4 is 0 Å². The van der Waals surface area contributed by atoms with Crippen LogP contribution >= 0.6 is 0 Å². The van der Waals surface area contributed by atoms with E-state index in [1.165, 1.54) is 12.1 Å². The molecule has 3 rings (SSSR count). The Morgan fingerprint density at radius 3 is 2.45 bits per heavy atom. The van der Waals surface area contributed by atoms with Crippen molar-refractivity contribution in [3.63, 3.8) is 0 Å². The van der Waals surface area contributed by atoms with E-state index in [1.54, 1.807) is 12.1 Å². The van der Waals surface area contributed by atoms with Crippen molar-refractivity contribution in [3.05, 3.63) is 30.1 Å². The van der Waals surface area contributed by atoms with Crippen molar-refractivity contribution in [2.24, 2.45) is 0 Å². The number of aromatic hydroxyl groups is 1. The zero-order valence-corrected chi connectivity index (χ0v) is 10.3. The van der Waals surface area contributed by atoms with Crippen LogP contribution in [0.2, 0.25) is 0 Å². The van der Waals surface area contributed by atoms with Gasteiger partial charge in [0.1, 0.15) is 11.2 Å². The molecule has 106 valence electrons. The molecule has 0 bridgehead atoms. The standard InChI is InChI=1S/C13H11F3N2O2/c14-13(15,16)12(6-3-7-12)11-17-10(20-18-11)8-4-1-2-5-9(8)19/h1-2,4-5,19H,3,6-7H2. The maximum absolute atomic E-state index is 13.2. The summed E-state index contributed by atoms with van der Waals surface area (Å²) in [5.41, 5.74) is -1.78. The Bertz CT molecular complexity index is 633. The number of halogens is 3. The molecular weight excluding hydrogens is 273 g/mol. The maximum Gasteiger partial charge on any atom is 0.401 e. The molecule has 0 atom stereocenters. The lowest BCUT2D eigenvalue weighted by molar-refractivity contribution is -0.215. The molecule has 1 aromatic carbocycles. The van der Waals surface area contributed by atoms with Gasteiger partial charge < -0.3 is 9.63 Å². The Kier molecular flexibility index (Phi) is 2.74. The summed E-state index contributed by atoms with van der Waals surface area (Å²) >= 11 is 0. The first-order valence-corrected chi connectivity index (χ1v) is 6.13. The Hall–Kier alpha value is -2.05. The van der Waals surface area contributed by atoms with Gasteiger partial charge >= 0.3 is 6.18 Å². The lowest BCUT2D eigenvalue weighted by Gasteiger charge is -2.40. The molecule has 1 fully saturated rings. The molecule has 0 saturated heterocycles. The molecular formula is C13H11F3N2O2. The van der Waals surface area contributed by atoms with Crippen molar-refractivity contribution < 1.29 is 22.8 Å². The van der Waals surface area contributed by atoms with Gasteiger partial charge in [-0.25, -0.2) is 0 Å². The van der Waals surface area contributed by atoms with Gasteiger partial charge in [-0.3, -0.25) is 0 Å². The fourth-order valence-corrected chi connectivity index (χ4v) is 2.35. The van der Waals surface area contributed by atoms with E-state index in [9.17, 15) is 18.3 Å². The number of hydrogen-bond donors (Lipinski definition) is 1. The first-order chi connectivity index (χ1) is 9.44. The summed E-state index contributed by atoms with van der Waals surface area (Å²) in [7, 11) is 0. The molecule has 2 aromatic rings. The fourth-order valence-electron chi connectivity index (χ4n) is 2.35. The van der Waals surface area contributed by atoms with Crippen LogP contribution in [0.15, 0.2) is 28.8 Å². The van der Waals surface area contributed by atoms with Gasteiger partial charge in [0, 0.05) is 0 Å². The Balaban J connectivity index is 2.01. The van der Waals surface area contributed by atoms with E-state index in [0.29, 0.717) is 6.42 Å². The van der Waals surface area contributed by atoms with Crippen LogP contribution in [0.5, 0.6) is 5.75 Å². The summed E-state index contributed by atoms with van der Waals surface area (Å²) in [6.07, 6.45) is -3.97. The average molecular weight is 284 g/mol. The minimum Gasteiger partial charge on any atom is -0.507 e. The van der Waals surface area contributed by atoms with Crippen molar-refractivity contribution in [1.82, 2.24) is 10.1 Å². The molecule has 1 N–H and O–H groups in total. The number of phenolic OH excluding ortho intramolecular Hbond substituents is 1. The minimum atomic E-state index is -4.40. The number of phenols is 1. The molecule has 1 heterocycles. The first-order valence-electron chi connectivity index (χ1n) is 6.13. The summed E-state index contributed by atoms with van der Waals surface area (Å²) in [5.74, 6) is -0.569. The van der Waals surface area contributed by atoms with Gasteiger partial charge in [-0.2, -0.15) is 18.2 Å². The number of benzene rings is 1. The molecule has 1 aliphatic carbocycles. The fraction of sp³-hybridized carbons (Fsp3) is 0.385. The second-order valence-corrected chi connectivity index (χ2v) is 4.87. The third kappa shape index (κ3) is 1.76. The predicted octanol–water partition coefficient (Wildman–Crippen LogP) is 3.43. The average Bonchev–Trinajstić information content (AvgIpc) is 2.75. The highest BCUT2D eigenvalue weighted by Gasteiger charge is 2.62. The monoisotopic (exact) mass is 284 g/mol. The molecule has 20 heavy (non-hydrogen) atoms. The van der Waals surface area contributed by atoms with Crippen LogP contribution in [0.4, 0.5) is 13.2 Å². The van der Waals surface area contributed by atoms with Crippen molar-refractivity contribution in [2.75, 3.05) is 0 Å². The summed E-state index contributed by atoms with van der Waals surface area (Å²) in [4.78, 5) is 3.84. The van der Waals surface area contributed by atoms with E-state index in [1.807, 2.05) is 0 Å². The van der Waals surface area contributed by atoms with E-state index in [2.05, 4.69) is 10.1 Å². The highest BCUT2D eigenvalue weighted by molar-refractivity contribution is 5.61. The second kappa shape index (κ2) is 4.22. The first kappa shape index (κ1) is 13.0. The van der Waals surface area contributed by atoms with E-state index < -0.39 is 11.6 Å². The summed E-state index contributed by atoms with van der Waals surface area (Å²) < 4.78 is 44.4. The quantitative estimate of drug-likeness (QED) is 0.917. The maximum atomic E-state index is 13.2. The van der Waals surface area contributed by atoms with E-state index in [-0.39, 0.29) is 35.9 Å². The van der Waals surface area contributed by atoms with Crippen LogP contribution in [0.3, 0.4) is 0 Å². The van der Waals surface area contributed by atoms with Gasteiger partial charge in [0.25, 0.3) is 5.89 Å². The summed E-state index contributed by atoms with van der Waals surface area (Å²) in [5, 5.41) is 13.1.